The Morgan fingerprint density at radius 1 is 1.43 bits per heavy atom. The molecule has 0 atom stereocenters. The van der Waals surface area contributed by atoms with Crippen LogP contribution in [0.25, 0.3) is 0 Å². The number of benzene rings is 1. The SMILES string of the molecule is COc1cc(CCCO)c(Cl)cc1C. The largest absolute Gasteiger partial charge is 0.496 e. The molecule has 0 aliphatic rings. The molecule has 14 heavy (non-hydrogen) atoms. The van der Waals surface area contributed by atoms with Gasteiger partial charge in [-0.25, -0.2) is 0 Å². The van der Waals surface area contributed by atoms with E-state index in [0.29, 0.717) is 0 Å². The quantitative estimate of drug-likeness (QED) is 0.835. The molecular weight excluding hydrogens is 200 g/mol. The zero-order valence-electron chi connectivity index (χ0n) is 8.51. The molecule has 0 spiro atoms. The molecule has 78 valence electrons. The molecule has 3 heteroatoms. The maximum Gasteiger partial charge on any atom is 0.122 e. The number of aliphatic hydroxyl groups excluding tert-OH is 1. The first-order valence-corrected chi connectivity index (χ1v) is 5.00. The fraction of sp³-hybridized carbons (Fsp3) is 0.455. The summed E-state index contributed by atoms with van der Waals surface area (Å²) in [4.78, 5) is 0. The Balaban J connectivity index is 2.92. The van der Waals surface area contributed by atoms with Gasteiger partial charge in [-0.05, 0) is 43.0 Å². The average molecular weight is 215 g/mol. The second kappa shape index (κ2) is 5.23. The monoisotopic (exact) mass is 214 g/mol. The third-order valence-electron chi connectivity index (χ3n) is 2.17. The third-order valence-corrected chi connectivity index (χ3v) is 2.52. The molecule has 0 aromatic heterocycles. The maximum absolute atomic E-state index is 8.73. The van der Waals surface area contributed by atoms with E-state index in [-0.39, 0.29) is 6.61 Å². The minimum atomic E-state index is 0.187. The molecule has 0 saturated carbocycles. The Bertz CT molecular complexity index is 310. The topological polar surface area (TPSA) is 29.5 Å². The van der Waals surface area contributed by atoms with Gasteiger partial charge in [0.25, 0.3) is 0 Å². The van der Waals surface area contributed by atoms with Crippen LogP contribution in [0.1, 0.15) is 17.5 Å². The molecule has 0 radical (unpaired) electrons. The fourth-order valence-electron chi connectivity index (χ4n) is 1.38. The number of halogens is 1. The van der Waals surface area contributed by atoms with Crippen LogP contribution in [0, 0.1) is 6.92 Å². The van der Waals surface area contributed by atoms with Crippen LogP contribution in [0.15, 0.2) is 12.1 Å². The van der Waals surface area contributed by atoms with Gasteiger partial charge in [0.2, 0.25) is 0 Å². The summed E-state index contributed by atoms with van der Waals surface area (Å²) in [5.74, 6) is 0.849. The molecule has 0 saturated heterocycles. The lowest BCUT2D eigenvalue weighted by molar-refractivity contribution is 0.288. The number of methoxy groups -OCH3 is 1. The molecular formula is C11H15ClO2. The second-order valence-electron chi connectivity index (χ2n) is 3.24. The number of hydrogen-bond acceptors (Lipinski definition) is 2. The molecule has 0 bridgehead atoms. The first-order chi connectivity index (χ1) is 6.69. The molecule has 1 N–H and O–H groups in total. The van der Waals surface area contributed by atoms with E-state index >= 15 is 0 Å². The first-order valence-electron chi connectivity index (χ1n) is 4.63. The molecule has 2 nitrogen and oxygen atoms in total. The second-order valence-corrected chi connectivity index (χ2v) is 3.65. The Labute approximate surface area is 89.5 Å². The molecule has 0 aliphatic heterocycles. The van der Waals surface area contributed by atoms with Crippen molar-refractivity contribution in [2.45, 2.75) is 19.8 Å². The summed E-state index contributed by atoms with van der Waals surface area (Å²) in [7, 11) is 1.64. The summed E-state index contributed by atoms with van der Waals surface area (Å²) >= 11 is 6.06. The predicted molar refractivity (Wildman–Crippen MR) is 58.1 cm³/mol. The number of aliphatic hydroxyl groups is 1. The van der Waals surface area contributed by atoms with E-state index in [2.05, 4.69) is 0 Å². The van der Waals surface area contributed by atoms with Crippen molar-refractivity contribution < 1.29 is 9.84 Å². The lowest BCUT2D eigenvalue weighted by Crippen LogP contribution is -1.94. The smallest absolute Gasteiger partial charge is 0.122 e. The standard InChI is InChI=1S/C11H15ClO2/c1-8-6-10(12)9(4-3-5-13)7-11(8)14-2/h6-7,13H,3-5H2,1-2H3. The van der Waals surface area contributed by atoms with Crippen molar-refractivity contribution in [3.05, 3.63) is 28.3 Å². The van der Waals surface area contributed by atoms with Gasteiger partial charge in [0.05, 0.1) is 7.11 Å². The molecule has 1 aromatic carbocycles. The maximum atomic E-state index is 8.73. The highest BCUT2D eigenvalue weighted by molar-refractivity contribution is 6.31. The summed E-state index contributed by atoms with van der Waals surface area (Å²) in [6.07, 6.45) is 1.51. The van der Waals surface area contributed by atoms with E-state index in [1.165, 1.54) is 0 Å². The van der Waals surface area contributed by atoms with Crippen molar-refractivity contribution in [2.24, 2.45) is 0 Å². The van der Waals surface area contributed by atoms with Crippen molar-refractivity contribution >= 4 is 11.6 Å². The van der Waals surface area contributed by atoms with Crippen LogP contribution >= 0.6 is 11.6 Å². The van der Waals surface area contributed by atoms with Gasteiger partial charge >= 0.3 is 0 Å². The van der Waals surface area contributed by atoms with E-state index < -0.39 is 0 Å². The van der Waals surface area contributed by atoms with E-state index in [9.17, 15) is 0 Å². The van der Waals surface area contributed by atoms with Crippen molar-refractivity contribution in [1.29, 1.82) is 0 Å². The van der Waals surface area contributed by atoms with E-state index in [0.717, 1.165) is 34.7 Å². The summed E-state index contributed by atoms with van der Waals surface area (Å²) in [6.45, 7) is 2.15. The number of ether oxygens (including phenoxy) is 1. The minimum Gasteiger partial charge on any atom is -0.496 e. The van der Waals surface area contributed by atoms with Crippen LogP contribution < -0.4 is 4.74 Å². The van der Waals surface area contributed by atoms with Crippen molar-refractivity contribution in [3.8, 4) is 5.75 Å². The normalized spacial score (nSPS) is 10.3. The van der Waals surface area contributed by atoms with Crippen LogP contribution in [0.2, 0.25) is 5.02 Å². The van der Waals surface area contributed by atoms with Gasteiger partial charge in [0, 0.05) is 11.6 Å². The molecule has 0 unspecified atom stereocenters. The van der Waals surface area contributed by atoms with Gasteiger partial charge in [-0.1, -0.05) is 11.6 Å². The van der Waals surface area contributed by atoms with Gasteiger partial charge < -0.3 is 9.84 Å². The van der Waals surface area contributed by atoms with Crippen LogP contribution in [0.4, 0.5) is 0 Å². The zero-order chi connectivity index (χ0) is 10.6. The summed E-state index contributed by atoms with van der Waals surface area (Å²) in [5, 5.41) is 9.47. The predicted octanol–water partition coefficient (Wildman–Crippen LogP) is 2.58. The van der Waals surface area contributed by atoms with Crippen LogP contribution in [0.5, 0.6) is 5.75 Å². The molecule has 1 aromatic rings. The van der Waals surface area contributed by atoms with Crippen molar-refractivity contribution in [3.63, 3.8) is 0 Å². The lowest BCUT2D eigenvalue weighted by Gasteiger charge is -2.09. The molecule has 0 fully saturated rings. The highest BCUT2D eigenvalue weighted by Gasteiger charge is 2.05. The number of hydrogen-bond donors (Lipinski definition) is 1. The average Bonchev–Trinajstić information content (AvgIpc) is 2.17. The number of rotatable bonds is 4. The first kappa shape index (κ1) is 11.3. The van der Waals surface area contributed by atoms with E-state index in [1.807, 2.05) is 19.1 Å². The van der Waals surface area contributed by atoms with Crippen LogP contribution in [0.3, 0.4) is 0 Å². The highest BCUT2D eigenvalue weighted by Crippen LogP contribution is 2.27. The van der Waals surface area contributed by atoms with Crippen molar-refractivity contribution in [2.75, 3.05) is 13.7 Å². The van der Waals surface area contributed by atoms with E-state index in [4.69, 9.17) is 21.4 Å². The van der Waals surface area contributed by atoms with Gasteiger partial charge in [0.1, 0.15) is 5.75 Å². The van der Waals surface area contributed by atoms with Crippen LogP contribution in [-0.2, 0) is 6.42 Å². The molecule has 0 aliphatic carbocycles. The van der Waals surface area contributed by atoms with Gasteiger partial charge in [-0.15, -0.1) is 0 Å². The third kappa shape index (κ3) is 2.63. The van der Waals surface area contributed by atoms with Gasteiger partial charge in [-0.3, -0.25) is 0 Å². The lowest BCUT2D eigenvalue weighted by atomic mass is 10.1. The Morgan fingerprint density at radius 3 is 2.71 bits per heavy atom. The fourth-order valence-corrected chi connectivity index (χ4v) is 1.69. The Kier molecular flexibility index (Phi) is 4.23. The van der Waals surface area contributed by atoms with Crippen LogP contribution in [-0.4, -0.2) is 18.8 Å². The molecule has 0 amide bonds. The molecule has 1 rings (SSSR count). The zero-order valence-corrected chi connectivity index (χ0v) is 9.27. The van der Waals surface area contributed by atoms with Crippen molar-refractivity contribution in [1.82, 2.24) is 0 Å². The minimum absolute atomic E-state index is 0.187. The highest BCUT2D eigenvalue weighted by atomic mass is 35.5. The summed E-state index contributed by atoms with van der Waals surface area (Å²) in [5.41, 5.74) is 2.06. The van der Waals surface area contributed by atoms with Gasteiger partial charge in [-0.2, -0.15) is 0 Å². The molecule has 0 heterocycles. The van der Waals surface area contributed by atoms with Gasteiger partial charge in [0.15, 0.2) is 0 Å². The van der Waals surface area contributed by atoms with E-state index in [1.54, 1.807) is 7.11 Å². The summed E-state index contributed by atoms with van der Waals surface area (Å²) in [6, 6.07) is 3.83. The number of aryl methyl sites for hydroxylation is 2. The summed E-state index contributed by atoms with van der Waals surface area (Å²) < 4.78 is 5.20. The Hall–Kier alpha value is -0.730. The Morgan fingerprint density at radius 2 is 2.14 bits per heavy atom.